The van der Waals surface area contributed by atoms with Gasteiger partial charge in [-0.05, 0) is 17.7 Å². The first-order valence-corrected chi connectivity index (χ1v) is 9.59. The van der Waals surface area contributed by atoms with E-state index < -0.39 is 0 Å². The van der Waals surface area contributed by atoms with E-state index in [0.29, 0.717) is 45.0 Å². The predicted molar refractivity (Wildman–Crippen MR) is 109 cm³/mol. The summed E-state index contributed by atoms with van der Waals surface area (Å²) in [6.45, 7) is 3.55. The lowest BCUT2D eigenvalue weighted by molar-refractivity contribution is -0.122. The van der Waals surface area contributed by atoms with Crippen molar-refractivity contribution in [3.63, 3.8) is 0 Å². The number of H-pyrrole nitrogens is 1. The molecule has 0 saturated carbocycles. The molecule has 6 heteroatoms. The molecule has 0 aliphatic carbocycles. The summed E-state index contributed by atoms with van der Waals surface area (Å²) >= 11 is 0. The molecule has 0 spiro atoms. The van der Waals surface area contributed by atoms with Crippen molar-refractivity contribution >= 4 is 22.7 Å². The largest absolute Gasteiger partial charge is 0.351 e. The second-order valence-electron chi connectivity index (χ2n) is 7.10. The van der Waals surface area contributed by atoms with Gasteiger partial charge in [0, 0.05) is 43.6 Å². The molecule has 6 nitrogen and oxygen atoms in total. The number of nitrogens with one attached hydrogen (secondary N) is 2. The normalized spacial score (nSPS) is 14.9. The second-order valence-corrected chi connectivity index (χ2v) is 7.10. The van der Waals surface area contributed by atoms with Crippen LogP contribution in [0.5, 0.6) is 0 Å². The lowest BCUT2D eigenvalue weighted by atomic mass is 10.2. The van der Waals surface area contributed by atoms with Crippen LogP contribution in [0.25, 0.3) is 10.9 Å². The first kappa shape index (κ1) is 18.3. The number of fused-ring (bicyclic) bond motifs is 1. The molecular weight excluding hydrogens is 352 g/mol. The number of benzene rings is 2. The highest BCUT2D eigenvalue weighted by molar-refractivity contribution is 5.98. The zero-order chi connectivity index (χ0) is 19.3. The maximum Gasteiger partial charge on any atom is 0.270 e. The first-order chi connectivity index (χ1) is 13.7. The summed E-state index contributed by atoms with van der Waals surface area (Å²) in [5.41, 5.74) is 2.68. The van der Waals surface area contributed by atoms with Gasteiger partial charge in [0.15, 0.2) is 0 Å². The smallest absolute Gasteiger partial charge is 0.270 e. The molecule has 0 radical (unpaired) electrons. The number of amides is 2. The van der Waals surface area contributed by atoms with Crippen molar-refractivity contribution in [2.24, 2.45) is 0 Å². The van der Waals surface area contributed by atoms with Crippen molar-refractivity contribution in [1.29, 1.82) is 0 Å². The van der Waals surface area contributed by atoms with Crippen molar-refractivity contribution < 1.29 is 9.59 Å². The Morgan fingerprint density at radius 2 is 1.64 bits per heavy atom. The van der Waals surface area contributed by atoms with Crippen LogP contribution >= 0.6 is 0 Å². The average Bonchev–Trinajstić information content (AvgIpc) is 3.17. The molecule has 2 aromatic carbocycles. The molecule has 0 atom stereocenters. The number of para-hydroxylation sites is 1. The molecule has 2 N–H and O–H groups in total. The van der Waals surface area contributed by atoms with Gasteiger partial charge in [-0.25, -0.2) is 0 Å². The number of aromatic nitrogens is 1. The fraction of sp³-hybridized carbons (Fsp3) is 0.273. The minimum absolute atomic E-state index is 0.0132. The third-order valence-corrected chi connectivity index (χ3v) is 5.12. The molecule has 1 saturated heterocycles. The minimum atomic E-state index is 0.0132. The number of carbonyl (C=O) groups is 2. The van der Waals surface area contributed by atoms with E-state index >= 15 is 0 Å². The highest BCUT2D eigenvalue weighted by Crippen LogP contribution is 2.16. The summed E-state index contributed by atoms with van der Waals surface area (Å²) in [5, 5.41) is 4.00. The van der Waals surface area contributed by atoms with Crippen molar-refractivity contribution in [3.05, 3.63) is 71.9 Å². The number of nitrogens with zero attached hydrogens (tertiary/aromatic N) is 2. The Labute approximate surface area is 164 Å². The van der Waals surface area contributed by atoms with Crippen LogP contribution < -0.4 is 5.32 Å². The Balaban J connectivity index is 1.26. The molecule has 2 amide bonds. The molecule has 144 valence electrons. The van der Waals surface area contributed by atoms with E-state index in [9.17, 15) is 9.59 Å². The summed E-state index contributed by atoms with van der Waals surface area (Å²) < 4.78 is 0. The molecule has 4 rings (SSSR count). The third-order valence-electron chi connectivity index (χ3n) is 5.12. The Morgan fingerprint density at radius 1 is 0.929 bits per heavy atom. The Hall–Kier alpha value is -3.12. The van der Waals surface area contributed by atoms with Crippen molar-refractivity contribution in [2.75, 3.05) is 32.7 Å². The fourth-order valence-corrected chi connectivity index (χ4v) is 3.52. The highest BCUT2D eigenvalue weighted by atomic mass is 16.2. The zero-order valence-corrected chi connectivity index (χ0v) is 15.7. The molecular formula is C22H24N4O2. The van der Waals surface area contributed by atoms with E-state index in [1.807, 2.05) is 65.6 Å². The second kappa shape index (κ2) is 8.27. The highest BCUT2D eigenvalue weighted by Gasteiger charge is 2.24. The molecule has 28 heavy (non-hydrogen) atoms. The number of hydrogen-bond acceptors (Lipinski definition) is 3. The van der Waals surface area contributed by atoms with E-state index in [2.05, 4.69) is 15.2 Å². The number of aromatic amines is 1. The summed E-state index contributed by atoms with van der Waals surface area (Å²) in [5.74, 6) is 0.0311. The van der Waals surface area contributed by atoms with Gasteiger partial charge in [0.25, 0.3) is 5.91 Å². The Morgan fingerprint density at radius 3 is 2.39 bits per heavy atom. The molecule has 2 heterocycles. The Kier molecular flexibility index (Phi) is 5.39. The fourth-order valence-electron chi connectivity index (χ4n) is 3.52. The number of carbonyl (C=O) groups excluding carboxylic acids is 2. The maximum atomic E-state index is 12.8. The topological polar surface area (TPSA) is 68.4 Å². The molecule has 1 aliphatic rings. The summed E-state index contributed by atoms with van der Waals surface area (Å²) in [6.07, 6.45) is 0. The van der Waals surface area contributed by atoms with Gasteiger partial charge in [-0.3, -0.25) is 14.5 Å². The molecule has 1 aromatic heterocycles. The van der Waals surface area contributed by atoms with Crippen LogP contribution in [-0.4, -0.2) is 59.3 Å². The summed E-state index contributed by atoms with van der Waals surface area (Å²) in [4.78, 5) is 32.1. The van der Waals surface area contributed by atoms with E-state index in [-0.39, 0.29) is 11.8 Å². The van der Waals surface area contributed by atoms with Gasteiger partial charge in [-0.1, -0.05) is 48.5 Å². The van der Waals surface area contributed by atoms with Crippen LogP contribution in [0.2, 0.25) is 0 Å². The van der Waals surface area contributed by atoms with Gasteiger partial charge in [0.2, 0.25) is 5.91 Å². The van der Waals surface area contributed by atoms with Crippen LogP contribution in [0.4, 0.5) is 0 Å². The van der Waals surface area contributed by atoms with Crippen molar-refractivity contribution in [3.8, 4) is 0 Å². The monoisotopic (exact) mass is 376 g/mol. The van der Waals surface area contributed by atoms with Crippen LogP contribution in [0, 0.1) is 0 Å². The van der Waals surface area contributed by atoms with Crippen LogP contribution in [0.15, 0.2) is 60.7 Å². The van der Waals surface area contributed by atoms with Gasteiger partial charge in [-0.2, -0.15) is 0 Å². The van der Waals surface area contributed by atoms with Crippen LogP contribution in [-0.2, 0) is 11.3 Å². The van der Waals surface area contributed by atoms with E-state index in [0.717, 1.165) is 16.5 Å². The van der Waals surface area contributed by atoms with E-state index in [1.165, 1.54) is 0 Å². The number of rotatable bonds is 5. The number of hydrogen-bond donors (Lipinski definition) is 2. The molecule has 3 aromatic rings. The Bertz CT molecular complexity index is 926. The lowest BCUT2D eigenvalue weighted by Crippen LogP contribution is -2.51. The molecule has 1 aliphatic heterocycles. The third kappa shape index (κ3) is 4.23. The van der Waals surface area contributed by atoms with E-state index in [1.54, 1.807) is 0 Å². The van der Waals surface area contributed by atoms with E-state index in [4.69, 9.17) is 0 Å². The first-order valence-electron chi connectivity index (χ1n) is 9.59. The molecule has 1 fully saturated rings. The number of piperazine rings is 1. The molecule has 0 unspecified atom stereocenters. The van der Waals surface area contributed by atoms with Gasteiger partial charge < -0.3 is 15.2 Å². The zero-order valence-electron chi connectivity index (χ0n) is 15.7. The summed E-state index contributed by atoms with van der Waals surface area (Å²) in [7, 11) is 0. The van der Waals surface area contributed by atoms with Gasteiger partial charge in [-0.15, -0.1) is 0 Å². The quantitative estimate of drug-likeness (QED) is 0.718. The van der Waals surface area contributed by atoms with Crippen molar-refractivity contribution in [2.45, 2.75) is 6.54 Å². The van der Waals surface area contributed by atoms with Gasteiger partial charge >= 0.3 is 0 Å². The summed E-state index contributed by atoms with van der Waals surface area (Å²) in [6, 6.07) is 19.7. The van der Waals surface area contributed by atoms with Gasteiger partial charge in [0.1, 0.15) is 5.69 Å². The molecule has 0 bridgehead atoms. The SMILES string of the molecule is O=C(CN1CCN(C(=O)c2cc3ccccc3[nH]2)CC1)NCc1ccccc1. The minimum Gasteiger partial charge on any atom is -0.351 e. The standard InChI is InChI=1S/C22H24N4O2/c27-21(23-15-17-6-2-1-3-7-17)16-25-10-12-26(13-11-25)22(28)20-14-18-8-4-5-9-19(18)24-20/h1-9,14,24H,10-13,15-16H2,(H,23,27). The van der Waals surface area contributed by atoms with Crippen molar-refractivity contribution in [1.82, 2.24) is 20.1 Å². The maximum absolute atomic E-state index is 12.8. The predicted octanol–water partition coefficient (Wildman–Crippen LogP) is 2.24. The van der Waals surface area contributed by atoms with Gasteiger partial charge in [0.05, 0.1) is 6.54 Å². The van der Waals surface area contributed by atoms with Crippen LogP contribution in [0.3, 0.4) is 0 Å². The average molecular weight is 376 g/mol. The van der Waals surface area contributed by atoms with Crippen LogP contribution in [0.1, 0.15) is 16.1 Å². The lowest BCUT2D eigenvalue weighted by Gasteiger charge is -2.34.